The molecule has 1 aliphatic rings. The van der Waals surface area contributed by atoms with Crippen molar-refractivity contribution in [1.82, 2.24) is 15.3 Å². The summed E-state index contributed by atoms with van der Waals surface area (Å²) in [5.41, 5.74) is 0. The van der Waals surface area contributed by atoms with Crippen LogP contribution in [0.3, 0.4) is 0 Å². The van der Waals surface area contributed by atoms with Crippen LogP contribution >= 0.6 is 0 Å². The summed E-state index contributed by atoms with van der Waals surface area (Å²) in [6, 6.07) is 3.73. The van der Waals surface area contributed by atoms with Gasteiger partial charge in [0.05, 0.1) is 13.4 Å². The third-order valence-corrected chi connectivity index (χ3v) is 4.07. The van der Waals surface area contributed by atoms with Crippen molar-refractivity contribution in [3.05, 3.63) is 42.6 Å². The normalized spacial score (nSPS) is 20.4. The summed E-state index contributed by atoms with van der Waals surface area (Å²) >= 11 is 0. The minimum absolute atomic E-state index is 0.0532. The molecule has 0 aliphatic heterocycles. The number of carbonyl (C=O) groups is 1. The van der Waals surface area contributed by atoms with Crippen LogP contribution in [0.4, 0.5) is 0 Å². The molecule has 0 atom stereocenters. The second kappa shape index (κ2) is 8.32. The Bertz CT molecular complexity index is 707. The van der Waals surface area contributed by atoms with Gasteiger partial charge in [-0.3, -0.25) is 4.79 Å². The molecule has 0 unspecified atom stereocenters. The lowest BCUT2D eigenvalue weighted by Crippen LogP contribution is -2.39. The number of amides is 1. The van der Waals surface area contributed by atoms with Crippen molar-refractivity contribution in [3.63, 3.8) is 0 Å². The van der Waals surface area contributed by atoms with Crippen LogP contribution in [0.2, 0.25) is 0 Å². The van der Waals surface area contributed by atoms with Gasteiger partial charge in [0.2, 0.25) is 5.91 Å². The Kier molecular flexibility index (Phi) is 5.66. The average Bonchev–Trinajstić information content (AvgIpc) is 3.16. The van der Waals surface area contributed by atoms with Crippen LogP contribution in [0.5, 0.6) is 11.8 Å². The first-order chi connectivity index (χ1) is 12.2. The molecule has 0 aromatic carbocycles. The largest absolute Gasteiger partial charge is 0.477 e. The van der Waals surface area contributed by atoms with E-state index in [1.54, 1.807) is 44.0 Å². The maximum Gasteiger partial charge on any atom is 0.278 e. The van der Waals surface area contributed by atoms with Crippen molar-refractivity contribution in [2.75, 3.05) is 7.11 Å². The van der Waals surface area contributed by atoms with Gasteiger partial charge in [0.1, 0.15) is 11.9 Å². The number of nitrogens with zero attached hydrogens (tertiary/aromatic N) is 2. The Morgan fingerprint density at radius 1 is 1.24 bits per heavy atom. The number of hydrogen-bond donors (Lipinski definition) is 1. The van der Waals surface area contributed by atoms with Gasteiger partial charge in [-0.15, -0.1) is 0 Å². The molecule has 0 radical (unpaired) electrons. The van der Waals surface area contributed by atoms with Crippen LogP contribution in [0.1, 0.15) is 31.4 Å². The third kappa shape index (κ3) is 4.82. The quantitative estimate of drug-likeness (QED) is 0.811. The predicted octanol–water partition coefficient (Wildman–Crippen LogP) is 2.60. The molecule has 25 heavy (non-hydrogen) atoms. The van der Waals surface area contributed by atoms with Gasteiger partial charge in [-0.2, -0.15) is 0 Å². The van der Waals surface area contributed by atoms with Crippen LogP contribution in [0.15, 0.2) is 41.3 Å². The van der Waals surface area contributed by atoms with Crippen LogP contribution in [0.25, 0.3) is 6.08 Å². The van der Waals surface area contributed by atoms with E-state index >= 15 is 0 Å². The van der Waals surface area contributed by atoms with Gasteiger partial charge in [0.15, 0.2) is 0 Å². The molecule has 1 saturated carbocycles. The zero-order valence-corrected chi connectivity index (χ0v) is 14.1. The zero-order valence-electron chi connectivity index (χ0n) is 14.1. The number of aromatic nitrogens is 2. The Morgan fingerprint density at radius 2 is 2.00 bits per heavy atom. The summed E-state index contributed by atoms with van der Waals surface area (Å²) < 4.78 is 16.2. The van der Waals surface area contributed by atoms with Crippen LogP contribution in [-0.2, 0) is 4.79 Å². The minimum Gasteiger partial charge on any atom is -0.477 e. The van der Waals surface area contributed by atoms with Crippen molar-refractivity contribution in [1.29, 1.82) is 0 Å². The number of furan rings is 1. The summed E-state index contributed by atoms with van der Waals surface area (Å²) in [5.74, 6) is 1.35. The molecule has 1 fully saturated rings. The predicted molar refractivity (Wildman–Crippen MR) is 91.1 cm³/mol. The van der Waals surface area contributed by atoms with E-state index in [1.165, 1.54) is 6.08 Å². The molecule has 2 aromatic heterocycles. The summed E-state index contributed by atoms with van der Waals surface area (Å²) in [4.78, 5) is 20.2. The van der Waals surface area contributed by atoms with Crippen molar-refractivity contribution < 1.29 is 18.7 Å². The first-order valence-electron chi connectivity index (χ1n) is 8.28. The number of methoxy groups -OCH3 is 1. The number of nitrogens with one attached hydrogen (secondary N) is 1. The van der Waals surface area contributed by atoms with Gasteiger partial charge in [-0.05, 0) is 43.9 Å². The van der Waals surface area contributed by atoms with Gasteiger partial charge in [0.25, 0.3) is 11.8 Å². The highest BCUT2D eigenvalue weighted by Gasteiger charge is 2.24. The fraction of sp³-hybridized carbons (Fsp3) is 0.389. The summed E-state index contributed by atoms with van der Waals surface area (Å²) in [6.07, 6.45) is 11.3. The van der Waals surface area contributed by atoms with Gasteiger partial charge in [0, 0.05) is 24.5 Å². The molecule has 1 N–H and O–H groups in total. The van der Waals surface area contributed by atoms with Crippen molar-refractivity contribution >= 4 is 12.0 Å². The molecule has 0 saturated heterocycles. The highest BCUT2D eigenvalue weighted by Crippen LogP contribution is 2.27. The molecule has 0 bridgehead atoms. The second-order valence-electron chi connectivity index (χ2n) is 5.82. The van der Waals surface area contributed by atoms with E-state index in [0.717, 1.165) is 25.7 Å². The zero-order chi connectivity index (χ0) is 17.5. The van der Waals surface area contributed by atoms with Gasteiger partial charge in [-0.25, -0.2) is 9.97 Å². The molecule has 7 nitrogen and oxygen atoms in total. The molecule has 1 aliphatic carbocycles. The molecule has 132 valence electrons. The molecule has 2 aromatic rings. The first kappa shape index (κ1) is 17.0. The lowest BCUT2D eigenvalue weighted by Gasteiger charge is -2.29. The van der Waals surface area contributed by atoms with Gasteiger partial charge >= 0.3 is 0 Å². The average molecular weight is 343 g/mol. The van der Waals surface area contributed by atoms with E-state index in [-0.39, 0.29) is 18.1 Å². The highest BCUT2D eigenvalue weighted by molar-refractivity contribution is 5.91. The second-order valence-corrected chi connectivity index (χ2v) is 5.82. The van der Waals surface area contributed by atoms with Crippen LogP contribution in [-0.4, -0.2) is 35.1 Å². The Balaban J connectivity index is 1.44. The fourth-order valence-electron chi connectivity index (χ4n) is 2.81. The molecular formula is C18H21N3O4. The monoisotopic (exact) mass is 343 g/mol. The summed E-state index contributed by atoms with van der Waals surface area (Å²) in [7, 11) is 1.54. The lowest BCUT2D eigenvalue weighted by molar-refractivity contribution is -0.117. The molecule has 0 spiro atoms. The Morgan fingerprint density at radius 3 is 2.68 bits per heavy atom. The number of carbonyl (C=O) groups excluding carboxylic acids is 1. The standard InChI is InChI=1S/C18H21N3O4/c1-23-17-18(20-11-10-19-17)25-15-6-4-13(5-7-15)21-16(22)9-8-14-3-2-12-24-14/h2-3,8-13,15H,4-7H2,1H3,(H,21,22)/b9-8+. The van der Waals surface area contributed by atoms with Gasteiger partial charge in [-0.1, -0.05) is 0 Å². The highest BCUT2D eigenvalue weighted by atomic mass is 16.5. The lowest BCUT2D eigenvalue weighted by atomic mass is 9.93. The maximum atomic E-state index is 12.0. The van der Waals surface area contributed by atoms with Crippen molar-refractivity contribution in [2.45, 2.75) is 37.8 Å². The SMILES string of the molecule is COc1nccnc1OC1CCC(NC(=O)/C=C/c2ccco2)CC1. The van der Waals surface area contributed by atoms with Crippen molar-refractivity contribution in [2.24, 2.45) is 0 Å². The number of hydrogen-bond acceptors (Lipinski definition) is 6. The van der Waals surface area contributed by atoms with E-state index in [4.69, 9.17) is 13.9 Å². The Hall–Kier alpha value is -2.83. The summed E-state index contributed by atoms with van der Waals surface area (Å²) in [5, 5.41) is 3.01. The van der Waals surface area contributed by atoms with Crippen molar-refractivity contribution in [3.8, 4) is 11.8 Å². The fourth-order valence-corrected chi connectivity index (χ4v) is 2.81. The van der Waals surface area contributed by atoms with E-state index < -0.39 is 0 Å². The minimum atomic E-state index is -0.114. The topological polar surface area (TPSA) is 86.5 Å². The first-order valence-corrected chi connectivity index (χ1v) is 8.28. The van der Waals surface area contributed by atoms with E-state index in [1.807, 2.05) is 0 Å². The van der Waals surface area contributed by atoms with E-state index in [0.29, 0.717) is 17.5 Å². The van der Waals surface area contributed by atoms with E-state index in [2.05, 4.69) is 15.3 Å². The van der Waals surface area contributed by atoms with Gasteiger partial charge < -0.3 is 19.2 Å². The Labute approximate surface area is 146 Å². The molecule has 1 amide bonds. The molecule has 7 heteroatoms. The maximum absolute atomic E-state index is 12.0. The van der Waals surface area contributed by atoms with Crippen LogP contribution in [0, 0.1) is 0 Å². The van der Waals surface area contributed by atoms with E-state index in [9.17, 15) is 4.79 Å². The molecular weight excluding hydrogens is 322 g/mol. The smallest absolute Gasteiger partial charge is 0.278 e. The molecule has 2 heterocycles. The number of ether oxygens (including phenoxy) is 2. The third-order valence-electron chi connectivity index (χ3n) is 4.07. The van der Waals surface area contributed by atoms with Crippen LogP contribution < -0.4 is 14.8 Å². The number of rotatable bonds is 6. The molecule has 3 rings (SSSR count). The summed E-state index contributed by atoms with van der Waals surface area (Å²) in [6.45, 7) is 0.